The van der Waals surface area contributed by atoms with Gasteiger partial charge in [0.2, 0.25) is 0 Å². The summed E-state index contributed by atoms with van der Waals surface area (Å²) in [5.74, 6) is 0.937. The van der Waals surface area contributed by atoms with Gasteiger partial charge in [-0.2, -0.15) is 0 Å². The van der Waals surface area contributed by atoms with E-state index in [0.717, 1.165) is 17.1 Å². The van der Waals surface area contributed by atoms with Crippen molar-refractivity contribution in [3.05, 3.63) is 36.5 Å². The Morgan fingerprint density at radius 1 is 1.42 bits per heavy atom. The van der Waals surface area contributed by atoms with Crippen molar-refractivity contribution in [3.8, 4) is 5.75 Å². The van der Waals surface area contributed by atoms with Crippen LogP contribution in [0.5, 0.6) is 5.75 Å². The van der Waals surface area contributed by atoms with E-state index in [1.165, 1.54) is 0 Å². The molecule has 1 aliphatic rings. The van der Waals surface area contributed by atoms with E-state index in [1.54, 1.807) is 0 Å². The molecule has 62 valence electrons. The molecule has 0 bridgehead atoms. The minimum Gasteiger partial charge on any atom is -0.485 e. The highest BCUT2D eigenvalue weighted by atomic mass is 16.5. The van der Waals surface area contributed by atoms with Crippen LogP contribution in [-0.4, -0.2) is 13.7 Å². The standard InChI is InChI=1S/C10H11NO/c1-8-7-12-10-6-4-3-5-9(10)11(8)2/h3-6H,1,7H2,2H3. The van der Waals surface area contributed by atoms with Gasteiger partial charge in [-0.3, -0.25) is 0 Å². The van der Waals surface area contributed by atoms with Crippen LogP contribution in [0.25, 0.3) is 0 Å². The fourth-order valence-electron chi connectivity index (χ4n) is 1.28. The van der Waals surface area contributed by atoms with Gasteiger partial charge in [0.05, 0.1) is 5.69 Å². The lowest BCUT2D eigenvalue weighted by Crippen LogP contribution is -2.25. The smallest absolute Gasteiger partial charge is 0.143 e. The topological polar surface area (TPSA) is 12.5 Å². The van der Waals surface area contributed by atoms with E-state index in [9.17, 15) is 0 Å². The Labute approximate surface area is 72.1 Å². The zero-order valence-electron chi connectivity index (χ0n) is 7.08. The van der Waals surface area contributed by atoms with Gasteiger partial charge in [-0.15, -0.1) is 0 Å². The summed E-state index contributed by atoms with van der Waals surface area (Å²) in [5.41, 5.74) is 2.09. The molecule has 0 aliphatic carbocycles. The zero-order chi connectivity index (χ0) is 8.55. The van der Waals surface area contributed by atoms with Crippen molar-refractivity contribution in [2.45, 2.75) is 0 Å². The molecule has 0 amide bonds. The molecule has 1 heterocycles. The molecule has 12 heavy (non-hydrogen) atoms. The van der Waals surface area contributed by atoms with Crippen LogP contribution in [0.1, 0.15) is 0 Å². The number of nitrogens with zero attached hydrogens (tertiary/aromatic N) is 1. The number of benzene rings is 1. The lowest BCUT2D eigenvalue weighted by molar-refractivity contribution is 0.338. The highest BCUT2D eigenvalue weighted by Crippen LogP contribution is 2.32. The number of anilines is 1. The number of fused-ring (bicyclic) bond motifs is 1. The molecular weight excluding hydrogens is 150 g/mol. The summed E-state index contributed by atoms with van der Waals surface area (Å²) in [6.07, 6.45) is 0. The second-order valence-corrected chi connectivity index (χ2v) is 2.88. The van der Waals surface area contributed by atoms with Crippen LogP contribution in [0, 0.1) is 0 Å². The lowest BCUT2D eigenvalue weighted by atomic mass is 10.2. The second kappa shape index (κ2) is 2.55. The van der Waals surface area contributed by atoms with Crippen LogP contribution in [-0.2, 0) is 0 Å². The van der Waals surface area contributed by atoms with Crippen molar-refractivity contribution < 1.29 is 4.74 Å². The highest BCUT2D eigenvalue weighted by Gasteiger charge is 2.16. The summed E-state index contributed by atoms with van der Waals surface area (Å²) >= 11 is 0. The second-order valence-electron chi connectivity index (χ2n) is 2.88. The molecule has 0 radical (unpaired) electrons. The summed E-state index contributed by atoms with van der Waals surface area (Å²) < 4.78 is 5.46. The average Bonchev–Trinajstić information content (AvgIpc) is 2.12. The predicted octanol–water partition coefficient (Wildman–Crippen LogP) is 2.03. The van der Waals surface area contributed by atoms with Gasteiger partial charge in [0.1, 0.15) is 12.4 Å². The average molecular weight is 161 g/mol. The summed E-state index contributed by atoms with van der Waals surface area (Å²) in [7, 11) is 2.00. The minimum absolute atomic E-state index is 0.591. The van der Waals surface area contributed by atoms with Crippen molar-refractivity contribution in [1.29, 1.82) is 0 Å². The number of hydrogen-bond acceptors (Lipinski definition) is 2. The molecule has 0 saturated heterocycles. The van der Waals surface area contributed by atoms with Crippen molar-refractivity contribution >= 4 is 5.69 Å². The molecule has 0 atom stereocenters. The van der Waals surface area contributed by atoms with Crippen LogP contribution in [0.3, 0.4) is 0 Å². The summed E-state index contributed by atoms with van der Waals surface area (Å²) in [6, 6.07) is 7.97. The molecule has 2 heteroatoms. The van der Waals surface area contributed by atoms with E-state index in [0.29, 0.717) is 6.61 Å². The van der Waals surface area contributed by atoms with E-state index in [1.807, 2.05) is 31.3 Å². The van der Waals surface area contributed by atoms with E-state index in [-0.39, 0.29) is 0 Å². The molecule has 0 saturated carbocycles. The molecule has 0 N–H and O–H groups in total. The Morgan fingerprint density at radius 3 is 3.00 bits per heavy atom. The van der Waals surface area contributed by atoms with Crippen LogP contribution < -0.4 is 9.64 Å². The van der Waals surface area contributed by atoms with Crippen molar-refractivity contribution in [2.24, 2.45) is 0 Å². The van der Waals surface area contributed by atoms with E-state index in [4.69, 9.17) is 4.74 Å². The molecule has 1 aromatic carbocycles. The van der Waals surface area contributed by atoms with Crippen LogP contribution >= 0.6 is 0 Å². The van der Waals surface area contributed by atoms with E-state index in [2.05, 4.69) is 11.5 Å². The van der Waals surface area contributed by atoms with Crippen LogP contribution in [0.2, 0.25) is 0 Å². The third kappa shape index (κ3) is 0.961. The first-order valence-electron chi connectivity index (χ1n) is 3.92. The minimum atomic E-state index is 0.591. The maximum Gasteiger partial charge on any atom is 0.143 e. The van der Waals surface area contributed by atoms with Gasteiger partial charge in [0, 0.05) is 12.7 Å². The molecule has 1 aromatic rings. The first-order valence-corrected chi connectivity index (χ1v) is 3.92. The van der Waals surface area contributed by atoms with Gasteiger partial charge in [0.15, 0.2) is 0 Å². The Morgan fingerprint density at radius 2 is 2.17 bits per heavy atom. The first-order chi connectivity index (χ1) is 5.79. The van der Waals surface area contributed by atoms with Crippen molar-refractivity contribution in [3.63, 3.8) is 0 Å². The number of hydrogen-bond donors (Lipinski definition) is 0. The number of rotatable bonds is 0. The van der Waals surface area contributed by atoms with Gasteiger partial charge in [-0.1, -0.05) is 18.7 Å². The lowest BCUT2D eigenvalue weighted by Gasteiger charge is -2.29. The largest absolute Gasteiger partial charge is 0.485 e. The molecule has 0 fully saturated rings. The Bertz CT molecular complexity index is 319. The number of ether oxygens (including phenoxy) is 1. The van der Waals surface area contributed by atoms with Gasteiger partial charge in [0.25, 0.3) is 0 Å². The molecule has 0 aromatic heterocycles. The van der Waals surface area contributed by atoms with E-state index < -0.39 is 0 Å². The normalized spacial score (nSPS) is 15.4. The summed E-state index contributed by atoms with van der Waals surface area (Å²) in [5, 5.41) is 0. The van der Waals surface area contributed by atoms with Crippen molar-refractivity contribution in [1.82, 2.24) is 0 Å². The van der Waals surface area contributed by atoms with Crippen LogP contribution in [0.15, 0.2) is 36.5 Å². The fraction of sp³-hybridized carbons (Fsp3) is 0.200. The third-order valence-electron chi connectivity index (χ3n) is 2.10. The van der Waals surface area contributed by atoms with Gasteiger partial charge < -0.3 is 9.64 Å². The molecule has 0 spiro atoms. The Kier molecular flexibility index (Phi) is 1.54. The van der Waals surface area contributed by atoms with Gasteiger partial charge in [-0.25, -0.2) is 0 Å². The van der Waals surface area contributed by atoms with E-state index >= 15 is 0 Å². The molecule has 1 aliphatic heterocycles. The summed E-state index contributed by atoms with van der Waals surface area (Å²) in [4.78, 5) is 2.05. The van der Waals surface area contributed by atoms with Gasteiger partial charge >= 0.3 is 0 Å². The number of para-hydroxylation sites is 2. The predicted molar refractivity (Wildman–Crippen MR) is 49.5 cm³/mol. The highest BCUT2D eigenvalue weighted by molar-refractivity contribution is 5.63. The maximum absolute atomic E-state index is 5.46. The third-order valence-corrected chi connectivity index (χ3v) is 2.10. The summed E-state index contributed by atoms with van der Waals surface area (Å²) in [6.45, 7) is 4.49. The zero-order valence-corrected chi connectivity index (χ0v) is 7.08. The first kappa shape index (κ1) is 7.22. The number of likely N-dealkylation sites (N-methyl/N-ethyl adjacent to an activating group) is 1. The molecular formula is C10H11NO. The van der Waals surface area contributed by atoms with Crippen molar-refractivity contribution in [2.75, 3.05) is 18.6 Å². The molecule has 2 rings (SSSR count). The quantitative estimate of drug-likeness (QED) is 0.577. The Balaban J connectivity index is 2.48. The monoisotopic (exact) mass is 161 g/mol. The fourth-order valence-corrected chi connectivity index (χ4v) is 1.28. The molecule has 0 unspecified atom stereocenters. The Hall–Kier alpha value is -1.44. The molecule has 2 nitrogen and oxygen atoms in total. The SMILES string of the molecule is C=C1COc2ccccc2N1C. The van der Waals surface area contributed by atoms with Gasteiger partial charge in [-0.05, 0) is 12.1 Å². The van der Waals surface area contributed by atoms with Crippen LogP contribution in [0.4, 0.5) is 5.69 Å². The maximum atomic E-state index is 5.46.